The van der Waals surface area contributed by atoms with E-state index in [0.29, 0.717) is 30.3 Å². The molecule has 0 radical (unpaired) electrons. The lowest BCUT2D eigenvalue weighted by Gasteiger charge is -2.10. The van der Waals surface area contributed by atoms with E-state index in [1.54, 1.807) is 23.1 Å². The molecule has 1 aromatic carbocycles. The second-order valence-electron chi connectivity index (χ2n) is 5.08. The van der Waals surface area contributed by atoms with Crippen LogP contribution in [0.15, 0.2) is 23.2 Å². The first-order valence-electron chi connectivity index (χ1n) is 6.93. The Labute approximate surface area is 130 Å². The molecule has 2 amide bonds. The van der Waals surface area contributed by atoms with Crippen LogP contribution in [0.5, 0.6) is 11.5 Å². The maximum atomic E-state index is 12.1. The summed E-state index contributed by atoms with van der Waals surface area (Å²) in [5, 5.41) is 3.15. The minimum absolute atomic E-state index is 0.0258. The topological polar surface area (TPSA) is 80.2 Å². The quantitative estimate of drug-likeness (QED) is 0.901. The molecule has 1 fully saturated rings. The largest absolute Gasteiger partial charge is 0.454 e. The van der Waals surface area contributed by atoms with Gasteiger partial charge in [0.2, 0.25) is 18.6 Å². The van der Waals surface area contributed by atoms with Gasteiger partial charge in [0.1, 0.15) is 5.25 Å². The lowest BCUT2D eigenvalue weighted by Crippen LogP contribution is -2.32. The summed E-state index contributed by atoms with van der Waals surface area (Å²) in [4.78, 5) is 30.2. The van der Waals surface area contributed by atoms with Crippen molar-refractivity contribution in [3.8, 4) is 11.5 Å². The molecule has 3 aliphatic heterocycles. The highest BCUT2D eigenvalue weighted by atomic mass is 32.2. The Morgan fingerprint density at radius 2 is 2.27 bits per heavy atom. The molecule has 1 aromatic rings. The minimum atomic E-state index is -0.381. The van der Waals surface area contributed by atoms with E-state index >= 15 is 0 Å². The van der Waals surface area contributed by atoms with E-state index in [1.807, 2.05) is 0 Å². The van der Waals surface area contributed by atoms with E-state index in [1.165, 1.54) is 11.8 Å². The first kappa shape index (κ1) is 13.4. The van der Waals surface area contributed by atoms with Gasteiger partial charge in [0.25, 0.3) is 0 Å². The average molecular weight is 319 g/mol. The van der Waals surface area contributed by atoms with Crippen LogP contribution in [0.4, 0.5) is 5.69 Å². The Hall–Kier alpha value is -2.22. The van der Waals surface area contributed by atoms with Crippen molar-refractivity contribution in [1.29, 1.82) is 0 Å². The number of thioether (sulfide) groups is 1. The van der Waals surface area contributed by atoms with E-state index in [-0.39, 0.29) is 30.3 Å². The predicted molar refractivity (Wildman–Crippen MR) is 81.2 cm³/mol. The summed E-state index contributed by atoms with van der Waals surface area (Å²) in [6.07, 6.45) is 0.132. The molecule has 22 heavy (non-hydrogen) atoms. The number of carbonyl (C=O) groups excluding carboxylic acids is 2. The molecule has 0 bridgehead atoms. The van der Waals surface area contributed by atoms with Crippen LogP contribution in [-0.4, -0.2) is 47.0 Å². The summed E-state index contributed by atoms with van der Waals surface area (Å²) in [6.45, 7) is 1.48. The van der Waals surface area contributed by atoms with Crippen molar-refractivity contribution >= 4 is 34.4 Å². The number of fused-ring (bicyclic) bond motifs is 2. The summed E-state index contributed by atoms with van der Waals surface area (Å²) in [7, 11) is 0. The zero-order chi connectivity index (χ0) is 15.1. The predicted octanol–water partition coefficient (Wildman–Crippen LogP) is 1.06. The number of hydrogen-bond donors (Lipinski definition) is 1. The maximum Gasteiger partial charge on any atom is 0.242 e. The van der Waals surface area contributed by atoms with Crippen molar-refractivity contribution in [2.45, 2.75) is 11.7 Å². The molecule has 1 atom stereocenters. The van der Waals surface area contributed by atoms with Gasteiger partial charge in [-0.15, -0.1) is 0 Å². The van der Waals surface area contributed by atoms with Gasteiger partial charge in [-0.25, -0.2) is 0 Å². The first-order valence-corrected chi connectivity index (χ1v) is 7.81. The Bertz CT molecular complexity index is 691. The number of aliphatic imine (C=N–C) groups is 1. The third-order valence-electron chi connectivity index (χ3n) is 3.62. The number of anilines is 1. The first-order chi connectivity index (χ1) is 10.7. The van der Waals surface area contributed by atoms with Crippen LogP contribution in [0, 0.1) is 0 Å². The van der Waals surface area contributed by atoms with E-state index in [4.69, 9.17) is 9.47 Å². The van der Waals surface area contributed by atoms with Gasteiger partial charge in [0.15, 0.2) is 16.7 Å². The molecule has 0 aliphatic carbocycles. The number of benzene rings is 1. The molecule has 0 saturated carbocycles. The van der Waals surface area contributed by atoms with Crippen LogP contribution in [0.1, 0.15) is 6.42 Å². The normalized spacial score (nSPS) is 21.8. The Morgan fingerprint density at radius 3 is 3.14 bits per heavy atom. The van der Waals surface area contributed by atoms with Gasteiger partial charge in [0.05, 0.1) is 6.54 Å². The van der Waals surface area contributed by atoms with E-state index < -0.39 is 0 Å². The molecule has 8 heteroatoms. The molecule has 1 N–H and O–H groups in total. The Morgan fingerprint density at radius 1 is 1.41 bits per heavy atom. The second-order valence-corrected chi connectivity index (χ2v) is 6.25. The highest BCUT2D eigenvalue weighted by Gasteiger charge is 2.40. The zero-order valence-corrected chi connectivity index (χ0v) is 12.4. The van der Waals surface area contributed by atoms with E-state index in [9.17, 15) is 9.59 Å². The van der Waals surface area contributed by atoms with Crippen LogP contribution >= 0.6 is 11.8 Å². The van der Waals surface area contributed by atoms with Crippen molar-refractivity contribution in [2.75, 3.05) is 25.2 Å². The molecule has 3 aliphatic rings. The minimum Gasteiger partial charge on any atom is -0.454 e. The fourth-order valence-electron chi connectivity index (χ4n) is 2.57. The van der Waals surface area contributed by atoms with Gasteiger partial charge in [-0.05, 0) is 12.1 Å². The maximum absolute atomic E-state index is 12.1. The van der Waals surface area contributed by atoms with Gasteiger partial charge in [-0.2, -0.15) is 0 Å². The standard InChI is InChI=1S/C14H13N3O4S/c18-12(6-11-13(19)17-4-3-15-14(17)22-11)16-8-1-2-9-10(5-8)21-7-20-9/h1-2,5,11H,3-4,6-7H2,(H,16,18)/t11-/m1/s1. The SMILES string of the molecule is O=C(C[C@H]1SC2=NCCN2C1=O)Nc1ccc2c(c1)OCO2. The molecule has 114 valence electrons. The number of rotatable bonds is 3. The van der Waals surface area contributed by atoms with E-state index in [2.05, 4.69) is 10.3 Å². The lowest BCUT2D eigenvalue weighted by molar-refractivity contribution is -0.127. The molecular formula is C14H13N3O4S. The van der Waals surface area contributed by atoms with E-state index in [0.717, 1.165) is 5.17 Å². The van der Waals surface area contributed by atoms with Crippen molar-refractivity contribution in [1.82, 2.24) is 4.90 Å². The summed E-state index contributed by atoms with van der Waals surface area (Å²) < 4.78 is 10.5. The molecule has 3 heterocycles. The molecule has 4 rings (SSSR count). The van der Waals surface area contributed by atoms with Crippen molar-refractivity contribution in [2.24, 2.45) is 4.99 Å². The summed E-state index contributed by atoms with van der Waals surface area (Å²) in [5.74, 6) is 1.05. The van der Waals surface area contributed by atoms with Crippen molar-refractivity contribution in [3.63, 3.8) is 0 Å². The second kappa shape index (κ2) is 5.20. The van der Waals surface area contributed by atoms with Crippen LogP contribution in [0.25, 0.3) is 0 Å². The van der Waals surface area contributed by atoms with Gasteiger partial charge in [-0.3, -0.25) is 19.5 Å². The van der Waals surface area contributed by atoms with Crippen molar-refractivity contribution < 1.29 is 19.1 Å². The van der Waals surface area contributed by atoms with Gasteiger partial charge in [-0.1, -0.05) is 11.8 Å². The third kappa shape index (κ3) is 2.29. The molecule has 7 nitrogen and oxygen atoms in total. The van der Waals surface area contributed by atoms with Gasteiger partial charge >= 0.3 is 0 Å². The number of nitrogens with zero attached hydrogens (tertiary/aromatic N) is 2. The smallest absolute Gasteiger partial charge is 0.242 e. The number of amides is 2. The van der Waals surface area contributed by atoms with Crippen LogP contribution in [0.3, 0.4) is 0 Å². The number of nitrogens with one attached hydrogen (secondary N) is 1. The van der Waals surface area contributed by atoms with Crippen LogP contribution < -0.4 is 14.8 Å². The molecule has 0 spiro atoms. The van der Waals surface area contributed by atoms with Gasteiger partial charge < -0.3 is 14.8 Å². The molecule has 1 saturated heterocycles. The molecule has 0 unspecified atom stereocenters. The molecular weight excluding hydrogens is 306 g/mol. The Kier molecular flexibility index (Phi) is 3.18. The zero-order valence-electron chi connectivity index (χ0n) is 11.6. The Balaban J connectivity index is 1.40. The summed E-state index contributed by atoms with van der Waals surface area (Å²) >= 11 is 1.37. The van der Waals surface area contributed by atoms with Crippen molar-refractivity contribution in [3.05, 3.63) is 18.2 Å². The number of amidine groups is 1. The summed E-state index contributed by atoms with van der Waals surface area (Å²) in [6, 6.07) is 5.21. The number of ether oxygens (including phenoxy) is 2. The highest BCUT2D eigenvalue weighted by molar-refractivity contribution is 8.15. The molecule has 0 aromatic heterocycles. The highest BCUT2D eigenvalue weighted by Crippen LogP contribution is 2.35. The monoisotopic (exact) mass is 319 g/mol. The fourth-order valence-corrected chi connectivity index (χ4v) is 3.76. The lowest BCUT2D eigenvalue weighted by atomic mass is 10.2. The number of carbonyl (C=O) groups is 2. The van der Waals surface area contributed by atoms with Gasteiger partial charge in [0, 0.05) is 24.7 Å². The summed E-state index contributed by atoms with van der Waals surface area (Å²) in [5.41, 5.74) is 0.627. The number of hydrogen-bond acceptors (Lipinski definition) is 6. The third-order valence-corrected chi connectivity index (χ3v) is 4.83. The average Bonchev–Trinajstić information content (AvgIpc) is 3.18. The fraction of sp³-hybridized carbons (Fsp3) is 0.357. The van der Waals surface area contributed by atoms with Crippen LogP contribution in [-0.2, 0) is 9.59 Å². The van der Waals surface area contributed by atoms with Crippen LogP contribution in [0.2, 0.25) is 0 Å².